The molecule has 2 aromatic rings. The highest BCUT2D eigenvalue weighted by molar-refractivity contribution is 5.89. The van der Waals surface area contributed by atoms with Crippen molar-refractivity contribution in [2.75, 3.05) is 24.7 Å². The molecule has 1 fully saturated rings. The zero-order chi connectivity index (χ0) is 14.1. The predicted octanol–water partition coefficient (Wildman–Crippen LogP) is 1.75. The van der Waals surface area contributed by atoms with Gasteiger partial charge in [0.05, 0.1) is 30.9 Å². The first-order chi connectivity index (χ1) is 9.72. The molecule has 0 spiro atoms. The van der Waals surface area contributed by atoms with E-state index in [0.29, 0.717) is 13.2 Å². The van der Waals surface area contributed by atoms with E-state index in [1.54, 1.807) is 18.5 Å². The molecule has 1 aliphatic heterocycles. The number of nitrogens with zero attached hydrogens (tertiary/aromatic N) is 2. The fourth-order valence-corrected chi connectivity index (χ4v) is 2.74. The van der Waals surface area contributed by atoms with E-state index >= 15 is 0 Å². The summed E-state index contributed by atoms with van der Waals surface area (Å²) < 4.78 is 10.7. The van der Waals surface area contributed by atoms with Crippen LogP contribution in [-0.2, 0) is 9.53 Å². The Morgan fingerprint density at radius 3 is 3.10 bits per heavy atom. The molecule has 106 valence electrons. The normalized spacial score (nSPS) is 22.2. The number of carboxylic acid groups (broad SMARTS) is 1. The van der Waals surface area contributed by atoms with Gasteiger partial charge in [-0.15, -0.1) is 0 Å². The highest BCUT2D eigenvalue weighted by atomic mass is 16.5. The molecular formula is C14H16N2O4. The number of ether oxygens (including phenoxy) is 1. The molecule has 1 N–H and O–H groups in total. The number of pyridine rings is 1. The average molecular weight is 276 g/mol. The fourth-order valence-electron chi connectivity index (χ4n) is 2.74. The standard InChI is InChI=1S/C14H16N2O4/c1-2-16(11-8-19-7-10(11)14(17)18)13-9-4-6-20-12(9)3-5-15-13/h3-6,10-11H,2,7-8H2,1H3,(H,17,18). The van der Waals surface area contributed by atoms with Gasteiger partial charge in [0, 0.05) is 12.7 Å². The van der Waals surface area contributed by atoms with E-state index in [1.165, 1.54) is 0 Å². The number of aromatic nitrogens is 1. The van der Waals surface area contributed by atoms with E-state index in [-0.39, 0.29) is 12.6 Å². The van der Waals surface area contributed by atoms with Gasteiger partial charge >= 0.3 is 5.97 Å². The summed E-state index contributed by atoms with van der Waals surface area (Å²) in [5.41, 5.74) is 0.749. The number of fused-ring (bicyclic) bond motifs is 1. The Bertz CT molecular complexity index is 624. The molecule has 20 heavy (non-hydrogen) atoms. The monoisotopic (exact) mass is 276 g/mol. The second-order valence-corrected chi connectivity index (χ2v) is 4.80. The molecule has 1 aliphatic rings. The maximum Gasteiger partial charge on any atom is 0.311 e. The van der Waals surface area contributed by atoms with E-state index in [9.17, 15) is 9.90 Å². The van der Waals surface area contributed by atoms with Crippen LogP contribution in [0.25, 0.3) is 11.0 Å². The van der Waals surface area contributed by atoms with Gasteiger partial charge in [-0.25, -0.2) is 4.98 Å². The number of likely N-dealkylation sites (N-methyl/N-ethyl adjacent to an activating group) is 1. The van der Waals surface area contributed by atoms with E-state index in [4.69, 9.17) is 9.15 Å². The molecule has 2 aromatic heterocycles. The van der Waals surface area contributed by atoms with Crippen molar-refractivity contribution in [2.24, 2.45) is 5.92 Å². The van der Waals surface area contributed by atoms with Crippen LogP contribution in [0.1, 0.15) is 6.92 Å². The smallest absolute Gasteiger partial charge is 0.311 e. The second-order valence-electron chi connectivity index (χ2n) is 4.80. The van der Waals surface area contributed by atoms with Crippen LogP contribution < -0.4 is 4.90 Å². The van der Waals surface area contributed by atoms with Gasteiger partial charge in [0.15, 0.2) is 0 Å². The van der Waals surface area contributed by atoms with E-state index < -0.39 is 11.9 Å². The molecule has 6 heteroatoms. The number of hydrogen-bond donors (Lipinski definition) is 1. The molecule has 3 rings (SSSR count). The number of anilines is 1. The SMILES string of the molecule is CCN(c1nccc2occc12)C1COCC1C(=O)O. The van der Waals surface area contributed by atoms with Crippen molar-refractivity contribution in [1.82, 2.24) is 4.98 Å². The molecule has 0 bridgehead atoms. The van der Waals surface area contributed by atoms with Crippen molar-refractivity contribution in [3.8, 4) is 0 Å². The van der Waals surface area contributed by atoms with Crippen LogP contribution in [0.15, 0.2) is 29.0 Å². The maximum atomic E-state index is 11.3. The molecule has 0 aromatic carbocycles. The van der Waals surface area contributed by atoms with Gasteiger partial charge in [0.2, 0.25) is 0 Å². The summed E-state index contributed by atoms with van der Waals surface area (Å²) in [5.74, 6) is -0.607. The van der Waals surface area contributed by atoms with Crippen molar-refractivity contribution in [3.05, 3.63) is 24.6 Å². The number of carbonyl (C=O) groups is 1. The number of carboxylic acids is 1. The van der Waals surface area contributed by atoms with Gasteiger partial charge in [-0.3, -0.25) is 4.79 Å². The Kier molecular flexibility index (Phi) is 3.31. The van der Waals surface area contributed by atoms with Crippen LogP contribution in [0.4, 0.5) is 5.82 Å². The van der Waals surface area contributed by atoms with Crippen LogP contribution in [0.5, 0.6) is 0 Å². The summed E-state index contributed by atoms with van der Waals surface area (Å²) >= 11 is 0. The summed E-state index contributed by atoms with van der Waals surface area (Å²) in [4.78, 5) is 17.7. The largest absolute Gasteiger partial charge is 0.481 e. The van der Waals surface area contributed by atoms with E-state index in [0.717, 1.165) is 16.8 Å². The minimum atomic E-state index is -0.828. The third-order valence-electron chi connectivity index (χ3n) is 3.74. The summed E-state index contributed by atoms with van der Waals surface area (Å²) in [5, 5.41) is 10.2. The number of aliphatic carboxylic acids is 1. The summed E-state index contributed by atoms with van der Waals surface area (Å²) in [7, 11) is 0. The van der Waals surface area contributed by atoms with Crippen molar-refractivity contribution >= 4 is 22.8 Å². The van der Waals surface area contributed by atoms with Crippen LogP contribution in [0, 0.1) is 5.92 Å². The molecule has 0 amide bonds. The van der Waals surface area contributed by atoms with Gasteiger partial charge in [0.1, 0.15) is 17.3 Å². The lowest BCUT2D eigenvalue weighted by Gasteiger charge is -2.30. The molecular weight excluding hydrogens is 260 g/mol. The zero-order valence-electron chi connectivity index (χ0n) is 11.2. The van der Waals surface area contributed by atoms with E-state index in [1.807, 2.05) is 17.9 Å². The van der Waals surface area contributed by atoms with Gasteiger partial charge in [-0.2, -0.15) is 0 Å². The minimum Gasteiger partial charge on any atom is -0.481 e. The Balaban J connectivity index is 2.01. The highest BCUT2D eigenvalue weighted by Crippen LogP contribution is 2.30. The molecule has 6 nitrogen and oxygen atoms in total. The molecule has 1 saturated heterocycles. The van der Waals surface area contributed by atoms with Crippen molar-refractivity contribution in [3.63, 3.8) is 0 Å². The summed E-state index contributed by atoms with van der Waals surface area (Å²) in [6, 6.07) is 3.45. The Labute approximate surface area is 116 Å². The lowest BCUT2D eigenvalue weighted by molar-refractivity contribution is -0.141. The number of furan rings is 1. The number of hydrogen-bond acceptors (Lipinski definition) is 5. The van der Waals surface area contributed by atoms with Gasteiger partial charge in [-0.1, -0.05) is 0 Å². The first-order valence-corrected chi connectivity index (χ1v) is 6.61. The predicted molar refractivity (Wildman–Crippen MR) is 72.8 cm³/mol. The molecule has 2 unspecified atom stereocenters. The molecule has 0 saturated carbocycles. The van der Waals surface area contributed by atoms with Crippen molar-refractivity contribution in [1.29, 1.82) is 0 Å². The zero-order valence-corrected chi connectivity index (χ0v) is 11.2. The van der Waals surface area contributed by atoms with Gasteiger partial charge in [0.25, 0.3) is 0 Å². The lowest BCUT2D eigenvalue weighted by atomic mass is 10.0. The van der Waals surface area contributed by atoms with Gasteiger partial charge < -0.3 is 19.2 Å². The fraction of sp³-hybridized carbons (Fsp3) is 0.429. The van der Waals surface area contributed by atoms with Gasteiger partial charge in [-0.05, 0) is 19.1 Å². The average Bonchev–Trinajstić information content (AvgIpc) is 3.08. The Morgan fingerprint density at radius 2 is 2.35 bits per heavy atom. The second kappa shape index (κ2) is 5.13. The Hall–Kier alpha value is -2.08. The molecule has 0 aliphatic carbocycles. The van der Waals surface area contributed by atoms with E-state index in [2.05, 4.69) is 4.98 Å². The minimum absolute atomic E-state index is 0.203. The third kappa shape index (κ3) is 2.02. The summed E-state index contributed by atoms with van der Waals surface area (Å²) in [6.07, 6.45) is 3.29. The summed E-state index contributed by atoms with van der Waals surface area (Å²) in [6.45, 7) is 3.30. The molecule has 2 atom stereocenters. The Morgan fingerprint density at radius 1 is 1.50 bits per heavy atom. The van der Waals surface area contributed by atoms with Crippen molar-refractivity contribution < 1.29 is 19.1 Å². The van der Waals surface area contributed by atoms with Crippen LogP contribution in [0.2, 0.25) is 0 Å². The third-order valence-corrected chi connectivity index (χ3v) is 3.74. The lowest BCUT2D eigenvalue weighted by Crippen LogP contribution is -2.43. The first-order valence-electron chi connectivity index (χ1n) is 6.61. The van der Waals surface area contributed by atoms with Crippen LogP contribution in [-0.4, -0.2) is 41.9 Å². The molecule has 0 radical (unpaired) electrons. The maximum absolute atomic E-state index is 11.3. The highest BCUT2D eigenvalue weighted by Gasteiger charge is 2.38. The van der Waals surface area contributed by atoms with Crippen LogP contribution in [0.3, 0.4) is 0 Å². The first kappa shape index (κ1) is 12.9. The van der Waals surface area contributed by atoms with Crippen LogP contribution >= 0.6 is 0 Å². The quantitative estimate of drug-likeness (QED) is 0.917. The number of rotatable bonds is 4. The topological polar surface area (TPSA) is 75.8 Å². The molecule has 3 heterocycles. The van der Waals surface area contributed by atoms with Crippen molar-refractivity contribution in [2.45, 2.75) is 13.0 Å².